The first-order chi connectivity index (χ1) is 10.9. The van der Waals surface area contributed by atoms with Gasteiger partial charge in [0.05, 0.1) is 12.1 Å². The van der Waals surface area contributed by atoms with Gasteiger partial charge in [0.1, 0.15) is 5.82 Å². The molecule has 1 saturated carbocycles. The summed E-state index contributed by atoms with van der Waals surface area (Å²) >= 11 is 0. The fourth-order valence-corrected chi connectivity index (χ4v) is 2.75. The molecule has 0 spiro atoms. The third-order valence-corrected chi connectivity index (χ3v) is 4.04. The minimum Gasteiger partial charge on any atom is -0.376 e. The average Bonchev–Trinajstić information content (AvgIpc) is 2.52. The molecule has 1 aromatic rings. The molecule has 0 atom stereocenters. The maximum Gasteiger partial charge on any atom is 0.419 e. The summed E-state index contributed by atoms with van der Waals surface area (Å²) in [4.78, 5) is 11.7. The summed E-state index contributed by atoms with van der Waals surface area (Å²) in [6, 6.07) is 2.59. The molecule has 2 N–H and O–H groups in total. The molecular formula is C16H20F4N2O. The molecular weight excluding hydrogens is 312 g/mol. The lowest BCUT2D eigenvalue weighted by atomic mass is 9.89. The van der Waals surface area contributed by atoms with Crippen molar-refractivity contribution in [1.29, 1.82) is 0 Å². The zero-order chi connectivity index (χ0) is 16.9. The Morgan fingerprint density at radius 1 is 1.17 bits per heavy atom. The Kier molecular flexibility index (Phi) is 5.85. The quantitative estimate of drug-likeness (QED) is 0.802. The van der Waals surface area contributed by atoms with Crippen LogP contribution in [-0.4, -0.2) is 19.0 Å². The molecule has 0 aliphatic heterocycles. The lowest BCUT2D eigenvalue weighted by Crippen LogP contribution is -2.34. The van der Waals surface area contributed by atoms with E-state index < -0.39 is 17.6 Å². The van der Waals surface area contributed by atoms with Crippen molar-refractivity contribution in [3.63, 3.8) is 0 Å². The van der Waals surface area contributed by atoms with E-state index in [-0.39, 0.29) is 18.1 Å². The largest absolute Gasteiger partial charge is 0.419 e. The van der Waals surface area contributed by atoms with Crippen LogP contribution >= 0.6 is 0 Å². The first kappa shape index (κ1) is 17.6. The monoisotopic (exact) mass is 332 g/mol. The highest BCUT2D eigenvalue weighted by atomic mass is 19.4. The van der Waals surface area contributed by atoms with E-state index in [0.717, 1.165) is 18.9 Å². The summed E-state index contributed by atoms with van der Waals surface area (Å²) in [5.74, 6) is -1.13. The number of hydrogen-bond donors (Lipinski definition) is 2. The number of amides is 1. The van der Waals surface area contributed by atoms with Crippen molar-refractivity contribution in [2.45, 2.75) is 38.3 Å². The van der Waals surface area contributed by atoms with Crippen LogP contribution in [0.4, 0.5) is 23.2 Å². The Labute approximate surface area is 132 Å². The van der Waals surface area contributed by atoms with Gasteiger partial charge in [-0.1, -0.05) is 19.3 Å². The molecule has 0 bridgehead atoms. The highest BCUT2D eigenvalue weighted by Gasteiger charge is 2.34. The summed E-state index contributed by atoms with van der Waals surface area (Å²) in [5, 5.41) is 5.37. The Morgan fingerprint density at radius 2 is 1.87 bits per heavy atom. The van der Waals surface area contributed by atoms with Gasteiger partial charge in [0, 0.05) is 12.2 Å². The average molecular weight is 332 g/mol. The van der Waals surface area contributed by atoms with E-state index in [1.807, 2.05) is 0 Å². The Bertz CT molecular complexity index is 539. The van der Waals surface area contributed by atoms with Gasteiger partial charge in [0.2, 0.25) is 5.91 Å². The van der Waals surface area contributed by atoms with Crippen LogP contribution in [0.1, 0.15) is 37.7 Å². The Morgan fingerprint density at radius 3 is 2.52 bits per heavy atom. The van der Waals surface area contributed by atoms with Crippen molar-refractivity contribution >= 4 is 11.6 Å². The van der Waals surface area contributed by atoms with Gasteiger partial charge in [-0.15, -0.1) is 0 Å². The molecule has 0 radical (unpaired) electrons. The van der Waals surface area contributed by atoms with Crippen LogP contribution in [0.3, 0.4) is 0 Å². The third-order valence-electron chi connectivity index (χ3n) is 4.04. The van der Waals surface area contributed by atoms with Crippen LogP contribution in [0.15, 0.2) is 18.2 Å². The summed E-state index contributed by atoms with van der Waals surface area (Å²) < 4.78 is 51.0. The van der Waals surface area contributed by atoms with E-state index in [0.29, 0.717) is 18.5 Å². The molecule has 0 unspecified atom stereocenters. The number of hydrogen-bond acceptors (Lipinski definition) is 2. The number of anilines is 1. The molecule has 0 saturated heterocycles. The first-order valence-electron chi connectivity index (χ1n) is 7.73. The van der Waals surface area contributed by atoms with Gasteiger partial charge in [-0.3, -0.25) is 4.79 Å². The molecule has 0 aromatic heterocycles. The first-order valence-corrected chi connectivity index (χ1v) is 7.73. The van der Waals surface area contributed by atoms with Gasteiger partial charge >= 0.3 is 6.18 Å². The van der Waals surface area contributed by atoms with Crippen LogP contribution in [0.2, 0.25) is 0 Å². The van der Waals surface area contributed by atoms with Gasteiger partial charge in [0.15, 0.2) is 0 Å². The van der Waals surface area contributed by atoms with Gasteiger partial charge in [-0.2, -0.15) is 13.2 Å². The molecule has 2 rings (SSSR count). The maximum absolute atomic E-state index is 13.2. The van der Waals surface area contributed by atoms with E-state index in [9.17, 15) is 22.4 Å². The number of carbonyl (C=O) groups is 1. The summed E-state index contributed by atoms with van der Waals surface area (Å²) in [6.45, 7) is 0.452. The second kappa shape index (κ2) is 7.66. The lowest BCUT2D eigenvalue weighted by Gasteiger charge is -2.21. The molecule has 1 fully saturated rings. The van der Waals surface area contributed by atoms with Crippen LogP contribution in [0.5, 0.6) is 0 Å². The third kappa shape index (κ3) is 5.41. The van der Waals surface area contributed by atoms with Gasteiger partial charge in [-0.25, -0.2) is 4.39 Å². The van der Waals surface area contributed by atoms with Gasteiger partial charge in [-0.05, 0) is 37.0 Å². The van der Waals surface area contributed by atoms with Crippen molar-refractivity contribution in [3.8, 4) is 0 Å². The molecule has 3 nitrogen and oxygen atoms in total. The topological polar surface area (TPSA) is 41.1 Å². The molecule has 1 aromatic carbocycles. The smallest absolute Gasteiger partial charge is 0.376 e. The summed E-state index contributed by atoms with van der Waals surface area (Å²) in [7, 11) is 0. The van der Waals surface area contributed by atoms with Gasteiger partial charge < -0.3 is 10.6 Å². The van der Waals surface area contributed by atoms with Crippen molar-refractivity contribution < 1.29 is 22.4 Å². The molecule has 23 heavy (non-hydrogen) atoms. The summed E-state index contributed by atoms with van der Waals surface area (Å²) in [6.07, 6.45) is 1.02. The van der Waals surface area contributed by atoms with Crippen LogP contribution in [0, 0.1) is 11.7 Å². The second-order valence-corrected chi connectivity index (χ2v) is 5.85. The molecule has 1 aliphatic carbocycles. The van der Waals surface area contributed by atoms with Crippen LogP contribution in [-0.2, 0) is 11.0 Å². The van der Waals surface area contributed by atoms with Crippen molar-refractivity contribution in [2.75, 3.05) is 18.4 Å². The van der Waals surface area contributed by atoms with E-state index in [1.165, 1.54) is 25.3 Å². The predicted octanol–water partition coefficient (Wildman–Crippen LogP) is 3.95. The number of rotatable bonds is 5. The van der Waals surface area contributed by atoms with Gasteiger partial charge in [0.25, 0.3) is 0 Å². The molecule has 1 amide bonds. The minimum atomic E-state index is -4.76. The predicted molar refractivity (Wildman–Crippen MR) is 79.5 cm³/mol. The number of carbonyl (C=O) groups excluding carboxylic acids is 1. The lowest BCUT2D eigenvalue weighted by molar-refractivity contribution is -0.139. The van der Waals surface area contributed by atoms with E-state index in [2.05, 4.69) is 10.6 Å². The number of benzene rings is 1. The normalized spacial score (nSPS) is 16.2. The van der Waals surface area contributed by atoms with E-state index >= 15 is 0 Å². The fraction of sp³-hybridized carbons (Fsp3) is 0.562. The van der Waals surface area contributed by atoms with Crippen LogP contribution in [0.25, 0.3) is 0 Å². The second-order valence-electron chi connectivity index (χ2n) is 5.85. The minimum absolute atomic E-state index is 0.0616. The number of halogens is 4. The highest BCUT2D eigenvalue weighted by Crippen LogP contribution is 2.32. The van der Waals surface area contributed by atoms with Crippen molar-refractivity contribution in [3.05, 3.63) is 29.6 Å². The molecule has 128 valence electrons. The number of nitrogens with one attached hydrogen (secondary N) is 2. The molecule has 1 aliphatic rings. The zero-order valence-corrected chi connectivity index (χ0v) is 12.7. The van der Waals surface area contributed by atoms with Crippen LogP contribution < -0.4 is 10.6 Å². The Balaban J connectivity index is 1.82. The van der Waals surface area contributed by atoms with Crippen molar-refractivity contribution in [2.24, 2.45) is 5.92 Å². The van der Waals surface area contributed by atoms with E-state index in [1.54, 1.807) is 0 Å². The fourth-order valence-electron chi connectivity index (χ4n) is 2.75. The maximum atomic E-state index is 13.2. The zero-order valence-electron chi connectivity index (χ0n) is 12.7. The standard InChI is InChI=1S/C16H20F4N2O/c17-14-7-6-12(8-13(14)16(18,19)20)21-10-15(23)22-9-11-4-2-1-3-5-11/h6-8,11,21H,1-5,9-10H2,(H,22,23). The summed E-state index contributed by atoms with van der Waals surface area (Å²) in [5.41, 5.74) is -1.28. The van der Waals surface area contributed by atoms with Crippen molar-refractivity contribution in [1.82, 2.24) is 5.32 Å². The highest BCUT2D eigenvalue weighted by molar-refractivity contribution is 5.80. The Hall–Kier alpha value is -1.79. The molecule has 0 heterocycles. The SMILES string of the molecule is O=C(CNc1ccc(F)c(C(F)(F)F)c1)NCC1CCCCC1. The molecule has 7 heteroatoms. The number of alkyl halides is 3. The van der Waals surface area contributed by atoms with E-state index in [4.69, 9.17) is 0 Å².